The molecule has 1 heteroatoms. The Morgan fingerprint density at radius 2 is 2.29 bits per heavy atom. The molecule has 1 rings (SSSR count). The quantitative estimate of drug-likeness (QED) is 0.676. The SMILES string of the molecule is C=CC1(C)CCCC(C)=C1CCNC. The fourth-order valence-corrected chi connectivity index (χ4v) is 2.48. The van der Waals surface area contributed by atoms with E-state index in [2.05, 4.69) is 31.8 Å². The summed E-state index contributed by atoms with van der Waals surface area (Å²) in [5.41, 5.74) is 3.47. The average molecular weight is 193 g/mol. The van der Waals surface area contributed by atoms with Crippen LogP contribution in [0.15, 0.2) is 23.8 Å². The highest BCUT2D eigenvalue weighted by Gasteiger charge is 2.29. The van der Waals surface area contributed by atoms with E-state index in [0.717, 1.165) is 6.54 Å². The molecule has 1 nitrogen and oxygen atoms in total. The largest absolute Gasteiger partial charge is 0.319 e. The van der Waals surface area contributed by atoms with Crippen molar-refractivity contribution in [2.45, 2.75) is 39.5 Å². The minimum atomic E-state index is 0.263. The van der Waals surface area contributed by atoms with E-state index < -0.39 is 0 Å². The monoisotopic (exact) mass is 193 g/mol. The summed E-state index contributed by atoms with van der Waals surface area (Å²) in [5, 5.41) is 3.23. The van der Waals surface area contributed by atoms with Crippen LogP contribution in [0.4, 0.5) is 0 Å². The Morgan fingerprint density at radius 1 is 1.57 bits per heavy atom. The molecular weight excluding hydrogens is 170 g/mol. The zero-order valence-electron chi connectivity index (χ0n) is 9.82. The van der Waals surface area contributed by atoms with Crippen LogP contribution in [0.3, 0.4) is 0 Å². The van der Waals surface area contributed by atoms with E-state index in [9.17, 15) is 0 Å². The third-order valence-electron chi connectivity index (χ3n) is 3.53. The van der Waals surface area contributed by atoms with Crippen molar-refractivity contribution < 1.29 is 0 Å². The van der Waals surface area contributed by atoms with Crippen molar-refractivity contribution in [1.82, 2.24) is 5.32 Å². The van der Waals surface area contributed by atoms with E-state index in [-0.39, 0.29) is 5.41 Å². The molecule has 1 atom stereocenters. The molecule has 80 valence electrons. The van der Waals surface area contributed by atoms with E-state index in [0.29, 0.717) is 0 Å². The summed E-state index contributed by atoms with van der Waals surface area (Å²) in [6.07, 6.45) is 7.18. The normalized spacial score (nSPS) is 27.9. The molecule has 0 aromatic rings. The van der Waals surface area contributed by atoms with Crippen LogP contribution in [-0.2, 0) is 0 Å². The van der Waals surface area contributed by atoms with E-state index >= 15 is 0 Å². The molecule has 0 radical (unpaired) electrons. The van der Waals surface area contributed by atoms with Gasteiger partial charge in [-0.2, -0.15) is 0 Å². The zero-order chi connectivity index (χ0) is 10.6. The van der Waals surface area contributed by atoms with Gasteiger partial charge in [-0.25, -0.2) is 0 Å². The van der Waals surface area contributed by atoms with Crippen molar-refractivity contribution in [3.8, 4) is 0 Å². The Hall–Kier alpha value is -0.560. The van der Waals surface area contributed by atoms with Gasteiger partial charge in [-0.1, -0.05) is 24.1 Å². The van der Waals surface area contributed by atoms with Crippen LogP contribution >= 0.6 is 0 Å². The molecule has 0 bridgehead atoms. The van der Waals surface area contributed by atoms with Crippen LogP contribution in [0, 0.1) is 5.41 Å². The maximum Gasteiger partial charge on any atom is 0.00630 e. The summed E-state index contributed by atoms with van der Waals surface area (Å²) in [6.45, 7) is 9.68. The van der Waals surface area contributed by atoms with E-state index in [1.165, 1.54) is 25.7 Å². The fraction of sp³-hybridized carbons (Fsp3) is 0.692. The minimum absolute atomic E-state index is 0.263. The predicted octanol–water partition coefficient (Wildman–Crippen LogP) is 3.29. The second-order valence-corrected chi connectivity index (χ2v) is 4.59. The second kappa shape index (κ2) is 4.79. The maximum absolute atomic E-state index is 3.99. The van der Waals surface area contributed by atoms with E-state index in [1.54, 1.807) is 11.1 Å². The van der Waals surface area contributed by atoms with Gasteiger partial charge in [0.05, 0.1) is 0 Å². The molecule has 1 unspecified atom stereocenters. The van der Waals surface area contributed by atoms with Gasteiger partial charge in [-0.15, -0.1) is 6.58 Å². The van der Waals surface area contributed by atoms with Gasteiger partial charge < -0.3 is 5.32 Å². The number of rotatable bonds is 4. The number of allylic oxidation sites excluding steroid dienone is 2. The average Bonchev–Trinajstić information content (AvgIpc) is 2.17. The van der Waals surface area contributed by atoms with Crippen LogP contribution in [0.2, 0.25) is 0 Å². The van der Waals surface area contributed by atoms with Gasteiger partial charge in [-0.05, 0) is 46.2 Å². The summed E-state index contributed by atoms with van der Waals surface area (Å²) < 4.78 is 0. The smallest absolute Gasteiger partial charge is 0.00630 e. The van der Waals surface area contributed by atoms with E-state index in [4.69, 9.17) is 0 Å². The topological polar surface area (TPSA) is 12.0 Å². The van der Waals surface area contributed by atoms with Crippen molar-refractivity contribution in [2.75, 3.05) is 13.6 Å². The van der Waals surface area contributed by atoms with Crippen molar-refractivity contribution in [2.24, 2.45) is 5.41 Å². The van der Waals surface area contributed by atoms with Gasteiger partial charge in [0.2, 0.25) is 0 Å². The summed E-state index contributed by atoms with van der Waals surface area (Å²) in [7, 11) is 2.02. The Bertz CT molecular complexity index is 240. The highest BCUT2D eigenvalue weighted by Crippen LogP contribution is 2.42. The third-order valence-corrected chi connectivity index (χ3v) is 3.53. The van der Waals surface area contributed by atoms with Crippen LogP contribution in [-0.4, -0.2) is 13.6 Å². The van der Waals surface area contributed by atoms with Gasteiger partial charge in [0.15, 0.2) is 0 Å². The van der Waals surface area contributed by atoms with Gasteiger partial charge in [0.1, 0.15) is 0 Å². The molecular formula is C13H23N. The third kappa shape index (κ3) is 2.27. The van der Waals surface area contributed by atoms with E-state index in [1.807, 2.05) is 7.05 Å². The number of nitrogens with one attached hydrogen (secondary N) is 1. The lowest BCUT2D eigenvalue weighted by Crippen LogP contribution is -2.24. The first kappa shape index (κ1) is 11.5. The zero-order valence-corrected chi connectivity index (χ0v) is 9.82. The fourth-order valence-electron chi connectivity index (χ4n) is 2.48. The summed E-state index contributed by atoms with van der Waals surface area (Å²) >= 11 is 0. The number of hydrogen-bond donors (Lipinski definition) is 1. The molecule has 0 spiro atoms. The lowest BCUT2D eigenvalue weighted by molar-refractivity contribution is 0.402. The Labute approximate surface area is 88.3 Å². The Morgan fingerprint density at radius 3 is 2.86 bits per heavy atom. The Balaban J connectivity index is 2.85. The molecule has 1 aliphatic carbocycles. The summed E-state index contributed by atoms with van der Waals surface area (Å²) in [6, 6.07) is 0. The minimum Gasteiger partial charge on any atom is -0.319 e. The van der Waals surface area contributed by atoms with Gasteiger partial charge in [-0.3, -0.25) is 0 Å². The summed E-state index contributed by atoms with van der Waals surface area (Å²) in [4.78, 5) is 0. The highest BCUT2D eigenvalue weighted by atomic mass is 14.8. The molecule has 0 aromatic heterocycles. The van der Waals surface area contributed by atoms with Crippen LogP contribution in [0.1, 0.15) is 39.5 Å². The first-order valence-corrected chi connectivity index (χ1v) is 5.61. The van der Waals surface area contributed by atoms with Crippen LogP contribution in [0.5, 0.6) is 0 Å². The molecule has 0 fully saturated rings. The first-order chi connectivity index (χ1) is 6.64. The van der Waals surface area contributed by atoms with Crippen LogP contribution in [0.25, 0.3) is 0 Å². The molecule has 1 N–H and O–H groups in total. The molecule has 0 aromatic carbocycles. The lowest BCUT2D eigenvalue weighted by Gasteiger charge is -2.35. The highest BCUT2D eigenvalue weighted by molar-refractivity contribution is 5.27. The molecule has 0 aliphatic heterocycles. The second-order valence-electron chi connectivity index (χ2n) is 4.59. The van der Waals surface area contributed by atoms with Crippen molar-refractivity contribution in [3.05, 3.63) is 23.8 Å². The van der Waals surface area contributed by atoms with Gasteiger partial charge in [0.25, 0.3) is 0 Å². The first-order valence-electron chi connectivity index (χ1n) is 5.61. The number of hydrogen-bond acceptors (Lipinski definition) is 1. The van der Waals surface area contributed by atoms with Gasteiger partial charge in [0, 0.05) is 5.41 Å². The van der Waals surface area contributed by atoms with Crippen molar-refractivity contribution >= 4 is 0 Å². The molecule has 0 saturated carbocycles. The molecule has 1 aliphatic rings. The molecule has 0 heterocycles. The maximum atomic E-state index is 3.99. The summed E-state index contributed by atoms with van der Waals surface area (Å²) in [5.74, 6) is 0. The van der Waals surface area contributed by atoms with Crippen LogP contribution < -0.4 is 5.32 Å². The molecule has 14 heavy (non-hydrogen) atoms. The lowest BCUT2D eigenvalue weighted by atomic mass is 9.70. The molecule has 0 amide bonds. The standard InChI is InChI=1S/C13H23N/c1-5-13(3)9-6-7-11(2)12(13)8-10-14-4/h5,14H,1,6-10H2,2-4H3. The molecule has 0 saturated heterocycles. The van der Waals surface area contributed by atoms with Crippen molar-refractivity contribution in [1.29, 1.82) is 0 Å². The Kier molecular flexibility index (Phi) is 3.94. The van der Waals surface area contributed by atoms with Crippen molar-refractivity contribution in [3.63, 3.8) is 0 Å². The van der Waals surface area contributed by atoms with Gasteiger partial charge >= 0.3 is 0 Å². The predicted molar refractivity (Wildman–Crippen MR) is 63.4 cm³/mol.